The lowest BCUT2D eigenvalue weighted by Gasteiger charge is -1.90. The summed E-state index contributed by atoms with van der Waals surface area (Å²) in [5.41, 5.74) is 2.59. The third-order valence-electron chi connectivity index (χ3n) is 1.60. The maximum absolute atomic E-state index is 4.78. The van der Waals surface area contributed by atoms with Crippen LogP contribution in [0.1, 0.15) is 0 Å². The Morgan fingerprint density at radius 2 is 2.18 bits per heavy atom. The van der Waals surface area contributed by atoms with Crippen LogP contribution in [0.3, 0.4) is 0 Å². The lowest BCUT2D eigenvalue weighted by atomic mass is 10.3. The SMILES string of the molecule is S=Cn1ncc2ccccc21. The van der Waals surface area contributed by atoms with E-state index in [1.807, 2.05) is 24.3 Å². The van der Waals surface area contributed by atoms with Gasteiger partial charge in [0.25, 0.3) is 0 Å². The zero-order valence-corrected chi connectivity index (χ0v) is 6.58. The van der Waals surface area contributed by atoms with Crippen LogP contribution in [0.2, 0.25) is 0 Å². The molecule has 2 nitrogen and oxygen atoms in total. The summed E-state index contributed by atoms with van der Waals surface area (Å²) >= 11 is 4.78. The van der Waals surface area contributed by atoms with E-state index >= 15 is 0 Å². The van der Waals surface area contributed by atoms with E-state index in [9.17, 15) is 0 Å². The van der Waals surface area contributed by atoms with E-state index in [4.69, 9.17) is 12.2 Å². The fraction of sp³-hybridized carbons (Fsp3) is 0. The first kappa shape index (κ1) is 6.49. The maximum atomic E-state index is 4.78. The number of thiocarbonyl (C=S) groups is 1. The van der Waals surface area contributed by atoms with E-state index in [0.717, 1.165) is 10.9 Å². The molecule has 2 rings (SSSR count). The van der Waals surface area contributed by atoms with Crippen molar-refractivity contribution in [2.45, 2.75) is 0 Å². The van der Waals surface area contributed by atoms with Crippen molar-refractivity contribution in [3.05, 3.63) is 30.5 Å². The van der Waals surface area contributed by atoms with Gasteiger partial charge in [-0.25, -0.2) is 4.68 Å². The first-order valence-electron chi connectivity index (χ1n) is 3.29. The molecule has 2 aromatic rings. The molecule has 1 aromatic heterocycles. The Hall–Kier alpha value is -1.22. The monoisotopic (exact) mass is 162 g/mol. The van der Waals surface area contributed by atoms with Gasteiger partial charge in [0.05, 0.1) is 17.2 Å². The zero-order valence-electron chi connectivity index (χ0n) is 5.77. The maximum Gasteiger partial charge on any atom is 0.0920 e. The standard InChI is InChI=1S/C8H6N2S/c11-6-10-8-4-2-1-3-7(8)5-9-10/h1-6H. The molecule has 0 fully saturated rings. The van der Waals surface area contributed by atoms with Crippen LogP contribution >= 0.6 is 12.2 Å². The molecular weight excluding hydrogens is 156 g/mol. The van der Waals surface area contributed by atoms with E-state index in [-0.39, 0.29) is 0 Å². The Kier molecular flexibility index (Phi) is 1.43. The number of para-hydroxylation sites is 1. The summed E-state index contributed by atoms with van der Waals surface area (Å²) in [6.07, 6.45) is 1.80. The minimum atomic E-state index is 1.06. The molecule has 1 aromatic carbocycles. The topological polar surface area (TPSA) is 17.8 Å². The molecule has 0 radical (unpaired) electrons. The number of nitrogens with zero attached hydrogens (tertiary/aromatic N) is 2. The Labute approximate surface area is 69.4 Å². The molecule has 0 aliphatic heterocycles. The molecule has 0 amide bonds. The Morgan fingerprint density at radius 3 is 3.00 bits per heavy atom. The summed E-state index contributed by atoms with van der Waals surface area (Å²) in [6, 6.07) is 7.96. The highest BCUT2D eigenvalue weighted by Gasteiger charge is 1.96. The van der Waals surface area contributed by atoms with Crippen LogP contribution in [0.5, 0.6) is 0 Å². The quantitative estimate of drug-likeness (QED) is 0.595. The van der Waals surface area contributed by atoms with Crippen molar-refractivity contribution in [3.8, 4) is 0 Å². The predicted molar refractivity (Wildman–Crippen MR) is 48.8 cm³/mol. The molecule has 0 aliphatic carbocycles. The van der Waals surface area contributed by atoms with Crippen molar-refractivity contribution < 1.29 is 0 Å². The number of aromatic nitrogens is 2. The van der Waals surface area contributed by atoms with Gasteiger partial charge in [-0.1, -0.05) is 30.4 Å². The molecule has 54 valence electrons. The Bertz CT molecular complexity index is 392. The largest absolute Gasteiger partial charge is 0.230 e. The molecule has 0 spiro atoms. The van der Waals surface area contributed by atoms with Crippen LogP contribution in [-0.4, -0.2) is 15.3 Å². The van der Waals surface area contributed by atoms with Gasteiger partial charge in [-0.3, -0.25) is 0 Å². The van der Waals surface area contributed by atoms with E-state index in [2.05, 4.69) is 5.10 Å². The lowest BCUT2D eigenvalue weighted by molar-refractivity contribution is 1.00. The lowest BCUT2D eigenvalue weighted by Crippen LogP contribution is -1.93. The minimum Gasteiger partial charge on any atom is -0.230 e. The average Bonchev–Trinajstić information content (AvgIpc) is 2.47. The molecule has 0 N–H and O–H groups in total. The average molecular weight is 162 g/mol. The summed E-state index contributed by atoms with van der Waals surface area (Å²) < 4.78 is 1.69. The van der Waals surface area contributed by atoms with Gasteiger partial charge in [-0.05, 0) is 6.07 Å². The molecule has 11 heavy (non-hydrogen) atoms. The van der Waals surface area contributed by atoms with Crippen LogP contribution < -0.4 is 0 Å². The zero-order chi connectivity index (χ0) is 7.68. The number of fused-ring (bicyclic) bond motifs is 1. The summed E-state index contributed by atoms with van der Waals surface area (Å²) in [7, 11) is 0. The summed E-state index contributed by atoms with van der Waals surface area (Å²) in [5, 5.41) is 5.19. The van der Waals surface area contributed by atoms with E-state index in [1.165, 1.54) is 5.49 Å². The van der Waals surface area contributed by atoms with Crippen molar-refractivity contribution in [2.75, 3.05) is 0 Å². The van der Waals surface area contributed by atoms with E-state index < -0.39 is 0 Å². The Morgan fingerprint density at radius 1 is 1.36 bits per heavy atom. The summed E-state index contributed by atoms with van der Waals surface area (Å²) in [5.74, 6) is 0. The molecule has 3 heteroatoms. The van der Waals surface area contributed by atoms with Crippen molar-refractivity contribution in [2.24, 2.45) is 0 Å². The van der Waals surface area contributed by atoms with Crippen LogP contribution in [0, 0.1) is 0 Å². The van der Waals surface area contributed by atoms with Gasteiger partial charge in [0.15, 0.2) is 0 Å². The Balaban J connectivity index is 2.86. The van der Waals surface area contributed by atoms with Crippen LogP contribution in [0.25, 0.3) is 10.9 Å². The number of rotatable bonds is 1. The number of hydrogen-bond donors (Lipinski definition) is 0. The summed E-state index contributed by atoms with van der Waals surface area (Å²) in [6.45, 7) is 0. The second-order valence-corrected chi connectivity index (χ2v) is 2.46. The second kappa shape index (κ2) is 2.43. The molecule has 0 saturated heterocycles. The molecule has 0 saturated carbocycles. The van der Waals surface area contributed by atoms with E-state index in [1.54, 1.807) is 10.9 Å². The normalized spacial score (nSPS) is 10.2. The fourth-order valence-electron chi connectivity index (χ4n) is 1.08. The van der Waals surface area contributed by atoms with Crippen molar-refractivity contribution >= 4 is 28.6 Å². The van der Waals surface area contributed by atoms with Gasteiger partial charge in [0.1, 0.15) is 0 Å². The smallest absolute Gasteiger partial charge is 0.0920 e. The van der Waals surface area contributed by atoms with Gasteiger partial charge in [0, 0.05) is 5.39 Å². The van der Waals surface area contributed by atoms with E-state index in [0.29, 0.717) is 0 Å². The summed E-state index contributed by atoms with van der Waals surface area (Å²) in [4.78, 5) is 0. The predicted octanol–water partition coefficient (Wildman–Crippen LogP) is 1.84. The molecule has 1 heterocycles. The van der Waals surface area contributed by atoms with Gasteiger partial charge in [-0.15, -0.1) is 0 Å². The third kappa shape index (κ3) is 0.935. The molecule has 0 atom stereocenters. The van der Waals surface area contributed by atoms with Crippen molar-refractivity contribution in [3.63, 3.8) is 0 Å². The van der Waals surface area contributed by atoms with Crippen LogP contribution in [0.4, 0.5) is 0 Å². The highest BCUT2D eigenvalue weighted by molar-refractivity contribution is 7.78. The fourth-order valence-corrected chi connectivity index (χ4v) is 1.24. The second-order valence-electron chi connectivity index (χ2n) is 2.25. The van der Waals surface area contributed by atoms with Crippen LogP contribution in [-0.2, 0) is 0 Å². The third-order valence-corrected chi connectivity index (χ3v) is 1.80. The van der Waals surface area contributed by atoms with Crippen molar-refractivity contribution in [1.82, 2.24) is 9.78 Å². The molecule has 0 unspecified atom stereocenters. The minimum absolute atomic E-state index is 1.06. The van der Waals surface area contributed by atoms with Gasteiger partial charge in [0.2, 0.25) is 0 Å². The number of hydrogen-bond acceptors (Lipinski definition) is 2. The van der Waals surface area contributed by atoms with Gasteiger partial charge in [-0.2, -0.15) is 5.10 Å². The van der Waals surface area contributed by atoms with Crippen LogP contribution in [0.15, 0.2) is 30.5 Å². The van der Waals surface area contributed by atoms with Crippen molar-refractivity contribution in [1.29, 1.82) is 0 Å². The number of benzene rings is 1. The molecule has 0 bridgehead atoms. The van der Waals surface area contributed by atoms with Gasteiger partial charge < -0.3 is 0 Å². The molecule has 0 aliphatic rings. The highest BCUT2D eigenvalue weighted by Crippen LogP contribution is 2.10. The molecular formula is C8H6N2S. The van der Waals surface area contributed by atoms with Gasteiger partial charge >= 0.3 is 0 Å². The first-order chi connectivity index (χ1) is 5.42. The highest BCUT2D eigenvalue weighted by atomic mass is 32.1. The first-order valence-corrected chi connectivity index (χ1v) is 3.76.